The fourth-order valence-electron chi connectivity index (χ4n) is 1.51. The summed E-state index contributed by atoms with van der Waals surface area (Å²) in [7, 11) is 0. The van der Waals surface area contributed by atoms with Gasteiger partial charge in [-0.3, -0.25) is 8.37 Å². The summed E-state index contributed by atoms with van der Waals surface area (Å²) in [6, 6.07) is 0. The molecule has 0 aromatic carbocycles. The molecule has 10 heavy (non-hydrogen) atoms. The van der Waals surface area contributed by atoms with Crippen LogP contribution in [0.3, 0.4) is 0 Å². The van der Waals surface area contributed by atoms with Crippen LogP contribution in [0.1, 0.15) is 25.7 Å². The molecule has 58 valence electrons. The third-order valence-electron chi connectivity index (χ3n) is 2.05. The maximum absolute atomic E-state index is 10.7. The van der Waals surface area contributed by atoms with Gasteiger partial charge in [0.05, 0.1) is 0 Å². The van der Waals surface area contributed by atoms with Crippen LogP contribution in [0.2, 0.25) is 0 Å². The van der Waals surface area contributed by atoms with E-state index in [1.807, 2.05) is 0 Å². The largest absolute Gasteiger partial charge is 0.305 e. The molecular formula is C6H10O3S. The molecule has 2 rings (SSSR count). The van der Waals surface area contributed by atoms with E-state index in [4.69, 9.17) is 8.37 Å². The van der Waals surface area contributed by atoms with Crippen LogP contribution < -0.4 is 0 Å². The molecule has 1 saturated heterocycles. The first kappa shape index (κ1) is 6.76. The van der Waals surface area contributed by atoms with Crippen LogP contribution in [-0.4, -0.2) is 16.4 Å². The highest BCUT2D eigenvalue weighted by Gasteiger charge is 2.36. The van der Waals surface area contributed by atoms with E-state index < -0.39 is 11.4 Å². The number of hydrogen-bond acceptors (Lipinski definition) is 3. The van der Waals surface area contributed by atoms with Crippen molar-refractivity contribution in [3.8, 4) is 0 Å². The molecule has 0 N–H and O–H groups in total. The van der Waals surface area contributed by atoms with Crippen molar-refractivity contribution in [2.75, 3.05) is 0 Å². The van der Waals surface area contributed by atoms with Gasteiger partial charge in [0.1, 0.15) is 12.2 Å². The molecule has 0 aromatic heterocycles. The normalized spacial score (nSPS) is 41.6. The van der Waals surface area contributed by atoms with Gasteiger partial charge in [-0.2, -0.15) is 4.21 Å². The van der Waals surface area contributed by atoms with Crippen LogP contribution in [0.25, 0.3) is 0 Å². The van der Waals surface area contributed by atoms with Crippen molar-refractivity contribution in [3.05, 3.63) is 0 Å². The van der Waals surface area contributed by atoms with E-state index in [2.05, 4.69) is 0 Å². The van der Waals surface area contributed by atoms with Gasteiger partial charge in [-0.25, -0.2) is 0 Å². The fraction of sp³-hybridized carbons (Fsp3) is 1.00. The van der Waals surface area contributed by atoms with Gasteiger partial charge in [0, 0.05) is 0 Å². The first-order chi connectivity index (χ1) is 4.86. The van der Waals surface area contributed by atoms with Crippen LogP contribution >= 0.6 is 0 Å². The lowest BCUT2D eigenvalue weighted by Crippen LogP contribution is -2.25. The molecule has 0 bridgehead atoms. The van der Waals surface area contributed by atoms with Crippen molar-refractivity contribution in [3.63, 3.8) is 0 Å². The van der Waals surface area contributed by atoms with E-state index in [1.54, 1.807) is 0 Å². The van der Waals surface area contributed by atoms with E-state index >= 15 is 0 Å². The molecule has 1 heterocycles. The third-order valence-corrected chi connectivity index (χ3v) is 2.85. The minimum Gasteiger partial charge on any atom is -0.262 e. The Labute approximate surface area is 62.6 Å². The van der Waals surface area contributed by atoms with Crippen molar-refractivity contribution >= 4 is 11.4 Å². The van der Waals surface area contributed by atoms with Crippen molar-refractivity contribution in [2.24, 2.45) is 0 Å². The Balaban J connectivity index is 2.04. The maximum atomic E-state index is 10.7. The molecule has 2 atom stereocenters. The summed E-state index contributed by atoms with van der Waals surface area (Å²) in [5.41, 5.74) is 0. The Hall–Kier alpha value is 0.0700. The Morgan fingerprint density at radius 3 is 2.10 bits per heavy atom. The predicted molar refractivity (Wildman–Crippen MR) is 36.4 cm³/mol. The Kier molecular flexibility index (Phi) is 1.76. The van der Waals surface area contributed by atoms with Gasteiger partial charge >= 0.3 is 11.4 Å². The molecule has 0 aromatic rings. The second-order valence-electron chi connectivity index (χ2n) is 2.76. The highest BCUT2D eigenvalue weighted by Crippen LogP contribution is 2.30. The first-order valence-corrected chi connectivity index (χ1v) is 4.62. The molecular weight excluding hydrogens is 152 g/mol. The van der Waals surface area contributed by atoms with Gasteiger partial charge < -0.3 is 0 Å². The third kappa shape index (κ3) is 1.11. The molecule has 0 unspecified atom stereocenters. The standard InChI is InChI=1S/C6H10O3S/c7-10-8-5-3-1-2-4-6(5)9-10/h5-6H,1-4H2/t5-,6-/m1/s1. The summed E-state index contributed by atoms with van der Waals surface area (Å²) in [4.78, 5) is 0. The van der Waals surface area contributed by atoms with Crippen molar-refractivity contribution in [2.45, 2.75) is 37.9 Å². The molecule has 1 aliphatic carbocycles. The minimum absolute atomic E-state index is 0.120. The molecule has 1 aliphatic heterocycles. The maximum Gasteiger partial charge on any atom is 0.305 e. The zero-order chi connectivity index (χ0) is 6.97. The second-order valence-corrected chi connectivity index (χ2v) is 3.55. The van der Waals surface area contributed by atoms with Crippen LogP contribution in [0.15, 0.2) is 0 Å². The van der Waals surface area contributed by atoms with E-state index in [-0.39, 0.29) is 12.2 Å². The zero-order valence-electron chi connectivity index (χ0n) is 5.62. The van der Waals surface area contributed by atoms with Gasteiger partial charge in [-0.05, 0) is 12.8 Å². The Morgan fingerprint density at radius 2 is 1.60 bits per heavy atom. The van der Waals surface area contributed by atoms with Crippen molar-refractivity contribution in [1.29, 1.82) is 0 Å². The molecule has 1 saturated carbocycles. The highest BCUT2D eigenvalue weighted by molar-refractivity contribution is 7.75. The first-order valence-electron chi connectivity index (χ1n) is 3.62. The monoisotopic (exact) mass is 162 g/mol. The summed E-state index contributed by atoms with van der Waals surface area (Å²) < 4.78 is 20.7. The van der Waals surface area contributed by atoms with Gasteiger partial charge in [-0.1, -0.05) is 12.8 Å². The lowest BCUT2D eigenvalue weighted by Gasteiger charge is -2.19. The molecule has 2 aliphatic rings. The van der Waals surface area contributed by atoms with Crippen LogP contribution in [0.4, 0.5) is 0 Å². The van der Waals surface area contributed by atoms with E-state index in [9.17, 15) is 4.21 Å². The van der Waals surface area contributed by atoms with Crippen LogP contribution in [0.5, 0.6) is 0 Å². The number of hydrogen-bond donors (Lipinski definition) is 0. The van der Waals surface area contributed by atoms with Gasteiger partial charge in [-0.15, -0.1) is 0 Å². The molecule has 0 spiro atoms. The Bertz CT molecular complexity index is 143. The zero-order valence-corrected chi connectivity index (χ0v) is 6.43. The fourth-order valence-corrected chi connectivity index (χ4v) is 2.40. The van der Waals surface area contributed by atoms with Gasteiger partial charge in [0.25, 0.3) is 0 Å². The lowest BCUT2D eigenvalue weighted by molar-refractivity contribution is 0.110. The van der Waals surface area contributed by atoms with Gasteiger partial charge in [0.15, 0.2) is 0 Å². The SMILES string of the molecule is O=S1O[C@@H]2CCCC[C@H]2O1. The predicted octanol–water partition coefficient (Wildman–Crippen LogP) is 0.923. The Morgan fingerprint density at radius 1 is 1.10 bits per heavy atom. The summed E-state index contributed by atoms with van der Waals surface area (Å²) in [6.45, 7) is 0. The average Bonchev–Trinajstić information content (AvgIpc) is 2.27. The topological polar surface area (TPSA) is 35.5 Å². The van der Waals surface area contributed by atoms with E-state index in [0.29, 0.717) is 0 Å². The lowest BCUT2D eigenvalue weighted by atomic mass is 9.95. The van der Waals surface area contributed by atoms with Crippen LogP contribution in [-0.2, 0) is 19.7 Å². The second kappa shape index (κ2) is 2.60. The van der Waals surface area contributed by atoms with Crippen molar-refractivity contribution < 1.29 is 12.6 Å². The smallest absolute Gasteiger partial charge is 0.262 e. The van der Waals surface area contributed by atoms with Crippen LogP contribution in [0, 0.1) is 0 Å². The summed E-state index contributed by atoms with van der Waals surface area (Å²) >= 11 is -1.44. The molecule has 2 fully saturated rings. The molecule has 3 nitrogen and oxygen atoms in total. The summed E-state index contributed by atoms with van der Waals surface area (Å²) in [5, 5.41) is 0. The van der Waals surface area contributed by atoms with Crippen molar-refractivity contribution in [1.82, 2.24) is 0 Å². The quantitative estimate of drug-likeness (QED) is 0.531. The van der Waals surface area contributed by atoms with E-state index in [0.717, 1.165) is 12.8 Å². The minimum atomic E-state index is -1.44. The molecule has 0 radical (unpaired) electrons. The number of fused-ring (bicyclic) bond motifs is 1. The number of rotatable bonds is 0. The summed E-state index contributed by atoms with van der Waals surface area (Å²) in [5.74, 6) is 0. The molecule has 0 amide bonds. The highest BCUT2D eigenvalue weighted by atomic mass is 32.2. The van der Waals surface area contributed by atoms with Gasteiger partial charge in [0.2, 0.25) is 0 Å². The average molecular weight is 162 g/mol. The van der Waals surface area contributed by atoms with E-state index in [1.165, 1.54) is 12.8 Å². The molecule has 4 heteroatoms. The summed E-state index contributed by atoms with van der Waals surface area (Å²) in [6.07, 6.45) is 4.63.